The van der Waals surface area contributed by atoms with Gasteiger partial charge in [0.05, 0.1) is 0 Å². The third kappa shape index (κ3) is 4.66. The smallest absolute Gasteiger partial charge is 0.0447 e. The molecule has 48 heavy (non-hydrogen) atoms. The summed E-state index contributed by atoms with van der Waals surface area (Å²) in [5.41, 5.74) is 12.8. The highest BCUT2D eigenvalue weighted by Crippen LogP contribution is 2.42. The highest BCUT2D eigenvalue weighted by Gasteiger charge is 2.37. The summed E-state index contributed by atoms with van der Waals surface area (Å²) in [4.78, 5) is 23.1. The molecule has 6 nitrogen and oxygen atoms in total. The van der Waals surface area contributed by atoms with E-state index in [2.05, 4.69) is 186 Å². The topological polar surface area (TPSA) is 94.7 Å². The first-order valence-corrected chi connectivity index (χ1v) is 17.5. The SMILES string of the molecule is CC1(C)c2ccc([nH]2)C(C)(C)c2ccc([nH]2)C(C)(C)c2ccc([nH]2)C(C)(C)c2ccc([nH]2)C(C)(C)c2ccc([nH]2)C(C)(C)c2ccc1[nH]2. The van der Waals surface area contributed by atoms with Gasteiger partial charge in [-0.15, -0.1) is 0 Å². The van der Waals surface area contributed by atoms with E-state index < -0.39 is 0 Å². The van der Waals surface area contributed by atoms with E-state index in [1.165, 1.54) is 68.3 Å². The van der Waals surface area contributed by atoms with Crippen molar-refractivity contribution in [3.63, 3.8) is 0 Å². The molecule has 12 bridgehead atoms. The second-order valence-corrected chi connectivity index (χ2v) is 17.5. The molecule has 6 N–H and O–H groups in total. The molecule has 6 aromatic rings. The first-order valence-electron chi connectivity index (χ1n) is 17.5. The molecular formula is C42H54N6. The van der Waals surface area contributed by atoms with Crippen molar-refractivity contribution in [3.8, 4) is 0 Å². The minimum Gasteiger partial charge on any atom is -0.361 e. The van der Waals surface area contributed by atoms with Crippen molar-refractivity contribution in [1.82, 2.24) is 29.9 Å². The molecule has 0 unspecified atom stereocenters. The van der Waals surface area contributed by atoms with Gasteiger partial charge in [0.25, 0.3) is 0 Å². The lowest BCUT2D eigenvalue weighted by Crippen LogP contribution is -2.26. The van der Waals surface area contributed by atoms with Gasteiger partial charge in [-0.1, -0.05) is 0 Å². The monoisotopic (exact) mass is 642 g/mol. The van der Waals surface area contributed by atoms with Crippen LogP contribution >= 0.6 is 0 Å². The van der Waals surface area contributed by atoms with Gasteiger partial charge in [0, 0.05) is 101 Å². The molecule has 0 aliphatic carbocycles. The Morgan fingerprint density at radius 3 is 0.375 bits per heavy atom. The van der Waals surface area contributed by atoms with Gasteiger partial charge in [-0.25, -0.2) is 0 Å². The molecule has 0 amide bonds. The number of fused-ring (bicyclic) bond motifs is 12. The summed E-state index contributed by atoms with van der Waals surface area (Å²) in [5, 5.41) is 0. The third-order valence-corrected chi connectivity index (χ3v) is 12.2. The quantitative estimate of drug-likeness (QED) is 0.0952. The number of aromatic nitrogens is 6. The number of aromatic amines is 6. The molecule has 0 aromatic carbocycles. The number of hydrogen-bond donors (Lipinski definition) is 6. The summed E-state index contributed by atoms with van der Waals surface area (Å²) in [7, 11) is 0. The van der Waals surface area contributed by atoms with Crippen LogP contribution in [0.5, 0.6) is 0 Å². The van der Waals surface area contributed by atoms with Crippen molar-refractivity contribution >= 4 is 0 Å². The van der Waals surface area contributed by atoms with Crippen molar-refractivity contribution in [2.75, 3.05) is 0 Å². The van der Waals surface area contributed by atoms with E-state index in [-0.39, 0.29) is 32.5 Å². The first kappa shape index (κ1) is 32.2. The number of H-pyrrole nitrogens is 6. The van der Waals surface area contributed by atoms with Crippen LogP contribution in [0.4, 0.5) is 0 Å². The van der Waals surface area contributed by atoms with Gasteiger partial charge in [-0.05, 0) is 156 Å². The number of rotatable bonds is 0. The second kappa shape index (κ2) is 10.1. The van der Waals surface area contributed by atoms with Crippen LogP contribution in [-0.2, 0) is 32.5 Å². The van der Waals surface area contributed by atoms with E-state index in [0.29, 0.717) is 0 Å². The number of hydrogen-bond acceptors (Lipinski definition) is 0. The minimum atomic E-state index is -0.243. The van der Waals surface area contributed by atoms with E-state index in [1.54, 1.807) is 0 Å². The van der Waals surface area contributed by atoms with Crippen molar-refractivity contribution in [1.29, 1.82) is 0 Å². The summed E-state index contributed by atoms with van der Waals surface area (Å²) in [6, 6.07) is 27.1. The summed E-state index contributed by atoms with van der Waals surface area (Å²) >= 11 is 0. The molecule has 1 aliphatic rings. The van der Waals surface area contributed by atoms with E-state index in [1.807, 2.05) is 0 Å². The maximum absolute atomic E-state index is 3.85. The predicted octanol–water partition coefficient (Wildman–Crippen LogP) is 9.92. The highest BCUT2D eigenvalue weighted by molar-refractivity contribution is 5.44. The van der Waals surface area contributed by atoms with Crippen LogP contribution in [0, 0.1) is 0 Å². The normalized spacial score (nSPS) is 20.2. The highest BCUT2D eigenvalue weighted by atomic mass is 14.9. The first-order chi connectivity index (χ1) is 22.3. The Labute approximate surface area is 286 Å². The van der Waals surface area contributed by atoms with Crippen LogP contribution in [0.3, 0.4) is 0 Å². The van der Waals surface area contributed by atoms with E-state index in [4.69, 9.17) is 0 Å². The van der Waals surface area contributed by atoms with Crippen LogP contribution in [0.2, 0.25) is 0 Å². The lowest BCUT2D eigenvalue weighted by molar-refractivity contribution is 0.545. The van der Waals surface area contributed by atoms with E-state index in [9.17, 15) is 0 Å². The minimum absolute atomic E-state index is 0.243. The Morgan fingerprint density at radius 2 is 0.292 bits per heavy atom. The van der Waals surface area contributed by atoms with Gasteiger partial charge in [0.1, 0.15) is 0 Å². The average Bonchev–Trinajstić information content (AvgIpc) is 3.85. The van der Waals surface area contributed by atoms with E-state index >= 15 is 0 Å². The van der Waals surface area contributed by atoms with Gasteiger partial charge in [-0.2, -0.15) is 0 Å². The van der Waals surface area contributed by atoms with Crippen LogP contribution in [0.1, 0.15) is 151 Å². The van der Waals surface area contributed by atoms with Crippen LogP contribution < -0.4 is 0 Å². The fourth-order valence-corrected chi connectivity index (χ4v) is 7.62. The average molecular weight is 643 g/mol. The maximum Gasteiger partial charge on any atom is 0.0447 e. The molecule has 6 heteroatoms. The molecule has 0 saturated heterocycles. The predicted molar refractivity (Wildman–Crippen MR) is 198 cm³/mol. The molecule has 7 rings (SSSR count). The summed E-state index contributed by atoms with van der Waals surface area (Å²) in [6.07, 6.45) is 0. The van der Waals surface area contributed by atoms with Crippen LogP contribution in [-0.4, -0.2) is 29.9 Å². The van der Waals surface area contributed by atoms with E-state index in [0.717, 1.165) is 0 Å². The zero-order valence-corrected chi connectivity index (χ0v) is 30.9. The lowest BCUT2D eigenvalue weighted by Gasteiger charge is -2.28. The molecule has 0 saturated carbocycles. The number of nitrogens with one attached hydrogen (secondary N) is 6. The molecule has 0 radical (unpaired) electrons. The Morgan fingerprint density at radius 1 is 0.208 bits per heavy atom. The molecule has 6 aromatic heterocycles. The molecule has 1 aliphatic heterocycles. The molecule has 0 atom stereocenters. The maximum atomic E-state index is 3.85. The van der Waals surface area contributed by atoms with Gasteiger partial charge >= 0.3 is 0 Å². The summed E-state index contributed by atoms with van der Waals surface area (Å²) in [6.45, 7) is 27.5. The Balaban J connectivity index is 1.38. The Kier molecular flexibility index (Phi) is 6.78. The van der Waals surface area contributed by atoms with Gasteiger partial charge in [0.15, 0.2) is 0 Å². The van der Waals surface area contributed by atoms with Crippen molar-refractivity contribution in [2.24, 2.45) is 0 Å². The van der Waals surface area contributed by atoms with Gasteiger partial charge < -0.3 is 29.9 Å². The molecule has 252 valence electrons. The Hall–Kier alpha value is -4.32. The lowest BCUT2D eigenvalue weighted by atomic mass is 9.85. The summed E-state index contributed by atoms with van der Waals surface area (Å²) < 4.78 is 0. The molecule has 0 fully saturated rings. The fourth-order valence-electron chi connectivity index (χ4n) is 7.62. The van der Waals surface area contributed by atoms with Crippen molar-refractivity contribution < 1.29 is 0 Å². The molecular weight excluding hydrogens is 589 g/mol. The van der Waals surface area contributed by atoms with Gasteiger partial charge in [-0.3, -0.25) is 0 Å². The zero-order chi connectivity index (χ0) is 34.7. The Bertz CT molecular complexity index is 1590. The second-order valence-electron chi connectivity index (χ2n) is 17.5. The van der Waals surface area contributed by atoms with Crippen molar-refractivity contribution in [3.05, 3.63) is 141 Å². The fraction of sp³-hybridized carbons (Fsp3) is 0.429. The summed E-state index contributed by atoms with van der Waals surface area (Å²) in [5.74, 6) is 0. The standard InChI is InChI=1S/C42H54N6/c1-37(2)25-13-15-27(43-25)38(3,4)29-17-19-31(45-29)40(7,8)33-21-23-35(47-33)42(11,12)36-24-22-34(48-36)41(9,10)32-20-18-30(46-32)39(5,6)28-16-14-26(37)44-28/h13-24,43-48H,1-12H3. The molecule has 7 heterocycles. The third-order valence-electron chi connectivity index (χ3n) is 12.2. The van der Waals surface area contributed by atoms with Crippen molar-refractivity contribution in [2.45, 2.75) is 116 Å². The van der Waals surface area contributed by atoms with Gasteiger partial charge in [0.2, 0.25) is 0 Å². The molecule has 0 spiro atoms. The largest absolute Gasteiger partial charge is 0.361 e. The van der Waals surface area contributed by atoms with Crippen LogP contribution in [0.15, 0.2) is 72.8 Å². The van der Waals surface area contributed by atoms with Crippen LogP contribution in [0.25, 0.3) is 0 Å². The zero-order valence-electron chi connectivity index (χ0n) is 30.9.